The summed E-state index contributed by atoms with van der Waals surface area (Å²) in [4.78, 5) is 14.6. The second-order valence-corrected chi connectivity index (χ2v) is 5.28. The Morgan fingerprint density at radius 2 is 2.09 bits per heavy atom. The molecule has 0 fully saturated rings. The van der Waals surface area contributed by atoms with Crippen LogP contribution in [0.3, 0.4) is 0 Å². The molecule has 0 spiro atoms. The summed E-state index contributed by atoms with van der Waals surface area (Å²) >= 11 is 0. The smallest absolute Gasteiger partial charge is 0.162 e. The van der Waals surface area contributed by atoms with E-state index in [-0.39, 0.29) is 11.9 Å². The summed E-state index contributed by atoms with van der Waals surface area (Å²) in [5.74, 6) is 0.103. The van der Waals surface area contributed by atoms with Crippen LogP contribution in [0, 0.1) is 6.92 Å². The normalized spacial score (nSPS) is 18.4. The van der Waals surface area contributed by atoms with Crippen molar-refractivity contribution in [3.63, 3.8) is 0 Å². The molecule has 3 heteroatoms. The first-order valence-electron chi connectivity index (χ1n) is 7.80. The molecule has 0 aromatic carbocycles. The van der Waals surface area contributed by atoms with Gasteiger partial charge in [-0.1, -0.05) is 42.5 Å². The second-order valence-electron chi connectivity index (χ2n) is 5.28. The van der Waals surface area contributed by atoms with Gasteiger partial charge in [-0.2, -0.15) is 0 Å². The second kappa shape index (κ2) is 11.2. The summed E-state index contributed by atoms with van der Waals surface area (Å²) in [6.07, 6.45) is 15.7. The number of hydrogen-bond donors (Lipinski definition) is 0. The Morgan fingerprint density at radius 1 is 1.26 bits per heavy atom. The van der Waals surface area contributed by atoms with Crippen molar-refractivity contribution in [3.8, 4) is 0 Å². The molecule has 1 aliphatic carbocycles. The monoisotopic (exact) mass is 311 g/mol. The SMILES string of the molecule is C=CC1CC(=O)C=CO1.CC1=CCCC=C1.Cc1ccccn1. The molecule has 2 aliphatic rings. The van der Waals surface area contributed by atoms with Gasteiger partial charge in [0.2, 0.25) is 0 Å². The lowest BCUT2D eigenvalue weighted by Crippen LogP contribution is -2.15. The molecular formula is C20H25NO2. The molecule has 23 heavy (non-hydrogen) atoms. The summed E-state index contributed by atoms with van der Waals surface area (Å²) in [5.41, 5.74) is 2.48. The zero-order valence-electron chi connectivity index (χ0n) is 13.9. The van der Waals surface area contributed by atoms with Crippen molar-refractivity contribution in [2.45, 2.75) is 39.2 Å². The van der Waals surface area contributed by atoms with E-state index in [0.717, 1.165) is 5.69 Å². The van der Waals surface area contributed by atoms with Crippen LogP contribution in [0.4, 0.5) is 0 Å². The summed E-state index contributed by atoms with van der Waals surface area (Å²) < 4.78 is 4.98. The van der Waals surface area contributed by atoms with Gasteiger partial charge in [0.15, 0.2) is 5.78 Å². The number of aryl methyl sites for hydroxylation is 1. The van der Waals surface area contributed by atoms with Gasteiger partial charge in [-0.05, 0) is 38.8 Å². The Labute approximate surface area is 139 Å². The summed E-state index contributed by atoms with van der Waals surface area (Å²) in [6.45, 7) is 7.61. The highest BCUT2D eigenvalue weighted by molar-refractivity contribution is 5.90. The maximum Gasteiger partial charge on any atom is 0.162 e. The van der Waals surface area contributed by atoms with Crippen molar-refractivity contribution in [3.05, 3.63) is 78.9 Å². The Bertz CT molecular complexity index is 571. The molecule has 1 aromatic rings. The van der Waals surface area contributed by atoms with Gasteiger partial charge in [0.05, 0.1) is 12.7 Å². The lowest BCUT2D eigenvalue weighted by molar-refractivity contribution is -0.117. The van der Waals surface area contributed by atoms with Crippen LogP contribution in [0.25, 0.3) is 0 Å². The van der Waals surface area contributed by atoms with Crippen molar-refractivity contribution in [1.29, 1.82) is 0 Å². The predicted octanol–water partition coefficient (Wildman–Crippen LogP) is 4.72. The van der Waals surface area contributed by atoms with E-state index in [1.165, 1.54) is 30.8 Å². The lowest BCUT2D eigenvalue weighted by atomic mass is 10.1. The molecule has 1 unspecified atom stereocenters. The van der Waals surface area contributed by atoms with E-state index in [4.69, 9.17) is 4.74 Å². The number of nitrogens with zero attached hydrogens (tertiary/aromatic N) is 1. The number of aromatic nitrogens is 1. The minimum atomic E-state index is -0.109. The van der Waals surface area contributed by atoms with Crippen LogP contribution < -0.4 is 0 Å². The highest BCUT2D eigenvalue weighted by atomic mass is 16.5. The van der Waals surface area contributed by atoms with Crippen molar-refractivity contribution in [2.24, 2.45) is 0 Å². The number of hydrogen-bond acceptors (Lipinski definition) is 3. The van der Waals surface area contributed by atoms with Crippen LogP contribution in [-0.4, -0.2) is 16.9 Å². The summed E-state index contributed by atoms with van der Waals surface area (Å²) in [6, 6.07) is 5.86. The highest BCUT2D eigenvalue weighted by Crippen LogP contribution is 2.07. The topological polar surface area (TPSA) is 39.2 Å². The van der Waals surface area contributed by atoms with Gasteiger partial charge in [0, 0.05) is 18.0 Å². The Balaban J connectivity index is 0.000000175. The summed E-state index contributed by atoms with van der Waals surface area (Å²) in [5, 5.41) is 0. The molecule has 3 nitrogen and oxygen atoms in total. The first-order valence-corrected chi connectivity index (χ1v) is 7.80. The number of pyridine rings is 1. The van der Waals surface area contributed by atoms with E-state index >= 15 is 0 Å². The summed E-state index contributed by atoms with van der Waals surface area (Å²) in [7, 11) is 0. The van der Waals surface area contributed by atoms with Gasteiger partial charge in [-0.3, -0.25) is 9.78 Å². The van der Waals surface area contributed by atoms with Crippen molar-refractivity contribution in [1.82, 2.24) is 4.98 Å². The maximum absolute atomic E-state index is 10.6. The fourth-order valence-electron chi connectivity index (χ4n) is 1.86. The van der Waals surface area contributed by atoms with E-state index in [1.54, 1.807) is 12.3 Å². The third kappa shape index (κ3) is 9.25. The number of ketones is 1. The largest absolute Gasteiger partial charge is 0.493 e. The standard InChI is InChI=1S/C7H8O2.C7H10.C6H7N/c1-2-7-5-6(8)3-4-9-7;1-7-5-3-2-4-6-7;1-6-4-2-3-5-7-6/h2-4,7H,1,5H2;3,5-6H,2,4H2,1H3;2-5H,1H3. The van der Waals surface area contributed by atoms with Crippen LogP contribution in [-0.2, 0) is 9.53 Å². The van der Waals surface area contributed by atoms with Crippen LogP contribution >= 0.6 is 0 Å². The van der Waals surface area contributed by atoms with E-state index in [9.17, 15) is 4.79 Å². The molecule has 2 heterocycles. The van der Waals surface area contributed by atoms with E-state index in [2.05, 4.69) is 36.7 Å². The molecule has 0 radical (unpaired) electrons. The number of ether oxygens (including phenoxy) is 1. The third-order valence-corrected chi connectivity index (χ3v) is 3.17. The molecule has 0 N–H and O–H groups in total. The fourth-order valence-corrected chi connectivity index (χ4v) is 1.86. The van der Waals surface area contributed by atoms with Crippen LogP contribution in [0.2, 0.25) is 0 Å². The average Bonchev–Trinajstić information content (AvgIpc) is 2.57. The van der Waals surface area contributed by atoms with Crippen molar-refractivity contribution in [2.75, 3.05) is 0 Å². The average molecular weight is 311 g/mol. The molecule has 0 bridgehead atoms. The predicted molar refractivity (Wildman–Crippen MR) is 94.9 cm³/mol. The van der Waals surface area contributed by atoms with Crippen LogP contribution in [0.15, 0.2) is 73.2 Å². The minimum absolute atomic E-state index is 0.103. The van der Waals surface area contributed by atoms with E-state index in [1.807, 2.05) is 25.1 Å². The molecule has 3 rings (SSSR count). The molecule has 0 saturated carbocycles. The van der Waals surface area contributed by atoms with Gasteiger partial charge >= 0.3 is 0 Å². The Kier molecular flexibility index (Phi) is 9.06. The lowest BCUT2D eigenvalue weighted by Gasteiger charge is -2.13. The number of carbonyl (C=O) groups excluding carboxylic acids is 1. The molecule has 0 amide bonds. The Morgan fingerprint density at radius 3 is 2.43 bits per heavy atom. The van der Waals surface area contributed by atoms with Crippen molar-refractivity contribution < 1.29 is 9.53 Å². The quantitative estimate of drug-likeness (QED) is 0.705. The number of allylic oxidation sites excluding steroid dienone is 5. The zero-order chi connectivity index (χ0) is 16.9. The molecule has 1 aliphatic heterocycles. The zero-order valence-corrected chi connectivity index (χ0v) is 13.9. The van der Waals surface area contributed by atoms with Gasteiger partial charge in [-0.25, -0.2) is 0 Å². The first kappa shape index (κ1) is 18.6. The van der Waals surface area contributed by atoms with E-state index < -0.39 is 0 Å². The van der Waals surface area contributed by atoms with Crippen molar-refractivity contribution >= 4 is 5.78 Å². The Hall–Kier alpha value is -2.42. The van der Waals surface area contributed by atoms with Gasteiger partial charge < -0.3 is 4.74 Å². The number of rotatable bonds is 1. The number of carbonyl (C=O) groups is 1. The molecule has 122 valence electrons. The minimum Gasteiger partial charge on any atom is -0.493 e. The molecule has 1 aromatic heterocycles. The molecular weight excluding hydrogens is 286 g/mol. The molecule has 0 saturated heterocycles. The highest BCUT2D eigenvalue weighted by Gasteiger charge is 2.11. The van der Waals surface area contributed by atoms with Gasteiger partial charge in [0.25, 0.3) is 0 Å². The molecule has 1 atom stereocenters. The first-order chi connectivity index (χ1) is 11.1. The van der Waals surface area contributed by atoms with Gasteiger partial charge in [-0.15, -0.1) is 0 Å². The van der Waals surface area contributed by atoms with Crippen LogP contribution in [0.5, 0.6) is 0 Å². The maximum atomic E-state index is 10.6. The van der Waals surface area contributed by atoms with Gasteiger partial charge in [0.1, 0.15) is 6.10 Å². The van der Waals surface area contributed by atoms with Crippen LogP contribution in [0.1, 0.15) is 31.9 Å². The fraction of sp³-hybridized carbons (Fsp3) is 0.300. The van der Waals surface area contributed by atoms with E-state index in [0.29, 0.717) is 6.42 Å². The third-order valence-electron chi connectivity index (χ3n) is 3.17.